The molecule has 0 spiro atoms. The van der Waals surface area contributed by atoms with E-state index in [1.807, 2.05) is 34.9 Å². The third-order valence-electron chi connectivity index (χ3n) is 3.78. The van der Waals surface area contributed by atoms with Gasteiger partial charge in [0.2, 0.25) is 0 Å². The van der Waals surface area contributed by atoms with Gasteiger partial charge in [0.25, 0.3) is 0 Å². The molecule has 0 bridgehead atoms. The van der Waals surface area contributed by atoms with E-state index in [2.05, 4.69) is 46.5 Å². The monoisotopic (exact) mass is 308 g/mol. The molecule has 0 fully saturated rings. The van der Waals surface area contributed by atoms with E-state index in [1.54, 1.807) is 0 Å². The van der Waals surface area contributed by atoms with E-state index in [4.69, 9.17) is 5.73 Å². The summed E-state index contributed by atoms with van der Waals surface area (Å²) in [5.41, 5.74) is 10.2. The maximum absolute atomic E-state index is 5.94. The molecule has 0 saturated heterocycles. The number of hydrogen-bond donors (Lipinski definition) is 2. The molecular weight excluding hydrogens is 288 g/mol. The summed E-state index contributed by atoms with van der Waals surface area (Å²) in [5, 5.41) is 11.4. The zero-order chi connectivity index (χ0) is 16.2. The fourth-order valence-electron chi connectivity index (χ4n) is 2.34. The first-order chi connectivity index (χ1) is 11.1. The molecule has 3 aromatic rings. The maximum Gasteiger partial charge on any atom is 0.193 e. The third-order valence-corrected chi connectivity index (χ3v) is 3.78. The number of nitrogens with zero attached hydrogens (tertiary/aromatic N) is 4. The van der Waals surface area contributed by atoms with Crippen LogP contribution in [0.3, 0.4) is 0 Å². The van der Waals surface area contributed by atoms with Crippen LogP contribution in [0.25, 0.3) is 5.65 Å². The highest BCUT2D eigenvalue weighted by Crippen LogP contribution is 2.13. The Bertz CT molecular complexity index is 849. The van der Waals surface area contributed by atoms with Gasteiger partial charge in [0.05, 0.1) is 0 Å². The molecule has 6 heteroatoms. The lowest BCUT2D eigenvalue weighted by molar-refractivity contribution is 0.847. The fourth-order valence-corrected chi connectivity index (χ4v) is 2.34. The summed E-state index contributed by atoms with van der Waals surface area (Å²) in [7, 11) is 0. The van der Waals surface area contributed by atoms with Gasteiger partial charge in [-0.3, -0.25) is 9.39 Å². The molecule has 23 heavy (non-hydrogen) atoms. The van der Waals surface area contributed by atoms with Crippen LogP contribution in [0.2, 0.25) is 0 Å². The van der Waals surface area contributed by atoms with Gasteiger partial charge in [-0.25, -0.2) is 0 Å². The van der Waals surface area contributed by atoms with Crippen LogP contribution < -0.4 is 11.1 Å². The summed E-state index contributed by atoms with van der Waals surface area (Å²) in [5.74, 6) is 1.28. The molecule has 0 saturated carbocycles. The van der Waals surface area contributed by atoms with Crippen molar-refractivity contribution in [2.24, 2.45) is 10.7 Å². The third kappa shape index (κ3) is 3.48. The highest BCUT2D eigenvalue weighted by atomic mass is 15.2. The first-order valence-electron chi connectivity index (χ1n) is 7.56. The van der Waals surface area contributed by atoms with Gasteiger partial charge >= 0.3 is 0 Å². The number of guanidine groups is 1. The van der Waals surface area contributed by atoms with Gasteiger partial charge < -0.3 is 11.1 Å². The minimum atomic E-state index is 0.405. The number of aryl methyl sites for hydroxylation is 2. The second-order valence-electron chi connectivity index (χ2n) is 5.49. The summed E-state index contributed by atoms with van der Waals surface area (Å²) < 4.78 is 1.96. The summed E-state index contributed by atoms with van der Waals surface area (Å²) in [6.07, 6.45) is 2.63. The second kappa shape index (κ2) is 6.48. The standard InChI is InChI=1S/C17H20N6/c1-12-6-7-14(11-13(12)2)20-17(18)19-9-8-16-22-21-15-5-3-4-10-23(15)16/h3-7,10-11H,8-9H2,1-2H3,(H3,18,19,20). The smallest absolute Gasteiger partial charge is 0.193 e. The zero-order valence-corrected chi connectivity index (χ0v) is 13.3. The molecule has 0 unspecified atom stereocenters. The summed E-state index contributed by atoms with van der Waals surface area (Å²) in [4.78, 5) is 4.36. The Morgan fingerprint density at radius 3 is 2.87 bits per heavy atom. The highest BCUT2D eigenvalue weighted by Gasteiger charge is 2.04. The van der Waals surface area contributed by atoms with Crippen LogP contribution in [0.4, 0.5) is 5.69 Å². The van der Waals surface area contributed by atoms with Crippen molar-refractivity contribution in [3.05, 3.63) is 59.5 Å². The average molecular weight is 308 g/mol. The Hall–Kier alpha value is -2.89. The van der Waals surface area contributed by atoms with E-state index in [9.17, 15) is 0 Å². The summed E-state index contributed by atoms with van der Waals surface area (Å²) in [6, 6.07) is 11.9. The van der Waals surface area contributed by atoms with Gasteiger partial charge in [0.15, 0.2) is 11.6 Å². The molecule has 0 aliphatic rings. The molecular formula is C17H20N6. The van der Waals surface area contributed by atoms with Crippen LogP contribution in [0.1, 0.15) is 17.0 Å². The first kappa shape index (κ1) is 15.0. The molecule has 118 valence electrons. The van der Waals surface area contributed by atoms with Gasteiger partial charge in [-0.2, -0.15) is 0 Å². The lowest BCUT2D eigenvalue weighted by atomic mass is 10.1. The van der Waals surface area contributed by atoms with Gasteiger partial charge in [0, 0.05) is 24.8 Å². The van der Waals surface area contributed by atoms with Crippen molar-refractivity contribution in [3.63, 3.8) is 0 Å². The minimum absolute atomic E-state index is 0.405. The predicted molar refractivity (Wildman–Crippen MR) is 92.7 cm³/mol. The van der Waals surface area contributed by atoms with E-state index in [0.717, 1.165) is 17.2 Å². The summed E-state index contributed by atoms with van der Waals surface area (Å²) in [6.45, 7) is 4.71. The predicted octanol–water partition coefficient (Wildman–Crippen LogP) is 2.32. The molecule has 0 aliphatic carbocycles. The quantitative estimate of drug-likeness (QED) is 0.572. The van der Waals surface area contributed by atoms with E-state index >= 15 is 0 Å². The topological polar surface area (TPSA) is 80.6 Å². The molecule has 1 aromatic carbocycles. The Morgan fingerprint density at radius 1 is 1.17 bits per heavy atom. The fraction of sp³-hybridized carbons (Fsp3) is 0.235. The molecule has 0 radical (unpaired) electrons. The molecule has 0 amide bonds. The largest absolute Gasteiger partial charge is 0.370 e. The van der Waals surface area contributed by atoms with Gasteiger partial charge in [0.1, 0.15) is 5.82 Å². The highest BCUT2D eigenvalue weighted by molar-refractivity contribution is 5.92. The molecule has 6 nitrogen and oxygen atoms in total. The number of nitrogens with one attached hydrogen (secondary N) is 1. The van der Waals surface area contributed by atoms with E-state index in [1.165, 1.54) is 11.1 Å². The molecule has 3 rings (SSSR count). The molecule has 0 atom stereocenters. The number of aliphatic imine (C=N–C) groups is 1. The lowest BCUT2D eigenvalue weighted by Gasteiger charge is -2.08. The number of benzene rings is 1. The maximum atomic E-state index is 5.94. The van der Waals surface area contributed by atoms with Crippen LogP contribution in [0, 0.1) is 13.8 Å². The zero-order valence-electron chi connectivity index (χ0n) is 13.3. The van der Waals surface area contributed by atoms with Crippen molar-refractivity contribution < 1.29 is 0 Å². The number of fused-ring (bicyclic) bond motifs is 1. The van der Waals surface area contributed by atoms with Crippen LogP contribution in [-0.2, 0) is 6.42 Å². The minimum Gasteiger partial charge on any atom is -0.370 e. The van der Waals surface area contributed by atoms with Crippen LogP contribution in [0.15, 0.2) is 47.6 Å². The van der Waals surface area contributed by atoms with Crippen molar-refractivity contribution in [1.82, 2.24) is 14.6 Å². The lowest BCUT2D eigenvalue weighted by Crippen LogP contribution is -2.23. The van der Waals surface area contributed by atoms with Crippen molar-refractivity contribution in [2.45, 2.75) is 20.3 Å². The molecule has 2 heterocycles. The van der Waals surface area contributed by atoms with Crippen molar-refractivity contribution in [3.8, 4) is 0 Å². The normalized spacial score (nSPS) is 11.8. The molecule has 0 aliphatic heterocycles. The van der Waals surface area contributed by atoms with Crippen molar-refractivity contribution in [2.75, 3.05) is 11.9 Å². The molecule has 2 aromatic heterocycles. The number of aromatic nitrogens is 3. The second-order valence-corrected chi connectivity index (χ2v) is 5.49. The number of hydrogen-bond acceptors (Lipinski definition) is 3. The number of pyridine rings is 1. The van der Waals surface area contributed by atoms with Gasteiger partial charge in [-0.05, 0) is 49.2 Å². The van der Waals surface area contributed by atoms with Crippen LogP contribution in [0.5, 0.6) is 0 Å². The average Bonchev–Trinajstić information content (AvgIpc) is 2.94. The summed E-state index contributed by atoms with van der Waals surface area (Å²) >= 11 is 0. The van der Waals surface area contributed by atoms with Gasteiger partial charge in [-0.1, -0.05) is 12.1 Å². The SMILES string of the molecule is Cc1ccc(NC(N)=NCCc2nnc3ccccn23)cc1C. The number of nitrogens with two attached hydrogens (primary N) is 1. The number of anilines is 1. The Balaban J connectivity index is 1.62. The van der Waals surface area contributed by atoms with E-state index in [0.29, 0.717) is 18.9 Å². The van der Waals surface area contributed by atoms with Crippen LogP contribution >= 0.6 is 0 Å². The van der Waals surface area contributed by atoms with E-state index < -0.39 is 0 Å². The Morgan fingerprint density at radius 2 is 2.04 bits per heavy atom. The van der Waals surface area contributed by atoms with Crippen molar-refractivity contribution >= 4 is 17.3 Å². The van der Waals surface area contributed by atoms with Crippen LogP contribution in [-0.4, -0.2) is 27.1 Å². The molecule has 3 N–H and O–H groups in total. The van der Waals surface area contributed by atoms with Crippen molar-refractivity contribution in [1.29, 1.82) is 0 Å². The Kier molecular flexibility index (Phi) is 4.23. The number of rotatable bonds is 4. The first-order valence-corrected chi connectivity index (χ1v) is 7.56. The van der Waals surface area contributed by atoms with E-state index in [-0.39, 0.29) is 0 Å². The Labute approximate surface area is 135 Å². The van der Waals surface area contributed by atoms with Gasteiger partial charge in [-0.15, -0.1) is 10.2 Å².